The summed E-state index contributed by atoms with van der Waals surface area (Å²) in [6.45, 7) is 0.555. The van der Waals surface area contributed by atoms with Gasteiger partial charge in [-0.25, -0.2) is 14.6 Å². The Labute approximate surface area is 131 Å². The molecule has 1 unspecified atom stereocenters. The van der Waals surface area contributed by atoms with Crippen LogP contribution in [0.5, 0.6) is 0 Å². The van der Waals surface area contributed by atoms with Gasteiger partial charge in [0.2, 0.25) is 0 Å². The highest BCUT2D eigenvalue weighted by atomic mass is 32.2. The summed E-state index contributed by atoms with van der Waals surface area (Å²) < 4.78 is 0. The van der Waals surface area contributed by atoms with E-state index in [0.717, 1.165) is 17.3 Å². The van der Waals surface area contributed by atoms with E-state index in [1.54, 1.807) is 6.20 Å². The van der Waals surface area contributed by atoms with Gasteiger partial charge in [-0.15, -0.1) is 0 Å². The number of carboxylic acid groups (broad SMARTS) is 1. The minimum Gasteiger partial charge on any atom is -0.480 e. The van der Waals surface area contributed by atoms with E-state index in [1.807, 2.05) is 23.5 Å². The normalized spacial score (nSPS) is 19.7. The van der Waals surface area contributed by atoms with E-state index in [0.29, 0.717) is 17.5 Å². The number of imidazole rings is 1. The second-order valence-corrected chi connectivity index (χ2v) is 7.15. The second kappa shape index (κ2) is 8.18. The molecule has 1 saturated heterocycles. The van der Waals surface area contributed by atoms with Crippen molar-refractivity contribution in [3.63, 3.8) is 0 Å². The molecule has 21 heavy (non-hydrogen) atoms. The van der Waals surface area contributed by atoms with Crippen LogP contribution in [-0.4, -0.2) is 62.2 Å². The Morgan fingerprint density at radius 2 is 2.38 bits per heavy atom. The predicted octanol–water partition coefficient (Wildman–Crippen LogP) is 0.553. The fourth-order valence-corrected chi connectivity index (χ4v) is 4.50. The number of hydrogen-bond donors (Lipinski definition) is 4. The average Bonchev–Trinajstić information content (AvgIpc) is 2.98. The van der Waals surface area contributed by atoms with Gasteiger partial charge < -0.3 is 20.7 Å². The lowest BCUT2D eigenvalue weighted by atomic mass is 10.2. The monoisotopic (exact) mass is 330 g/mol. The number of carbonyl (C=O) groups excluding carboxylic acids is 1. The van der Waals surface area contributed by atoms with Gasteiger partial charge in [0.05, 0.1) is 6.33 Å². The van der Waals surface area contributed by atoms with Crippen molar-refractivity contribution in [3.8, 4) is 0 Å². The molecular formula is C12H18N4O3S2. The Morgan fingerprint density at radius 1 is 1.52 bits per heavy atom. The second-order valence-electron chi connectivity index (χ2n) is 4.59. The maximum atomic E-state index is 11.8. The lowest BCUT2D eigenvalue weighted by Crippen LogP contribution is -2.48. The van der Waals surface area contributed by atoms with Crippen molar-refractivity contribution in [2.45, 2.75) is 17.7 Å². The summed E-state index contributed by atoms with van der Waals surface area (Å²) in [6.07, 6.45) is 3.20. The summed E-state index contributed by atoms with van der Waals surface area (Å²) in [5, 5.41) is 14.8. The van der Waals surface area contributed by atoms with Gasteiger partial charge in [-0.3, -0.25) is 0 Å². The zero-order valence-electron chi connectivity index (χ0n) is 11.4. The summed E-state index contributed by atoms with van der Waals surface area (Å²) in [5.74, 6) is 2.19. The van der Waals surface area contributed by atoms with Crippen LogP contribution < -0.4 is 10.6 Å². The zero-order chi connectivity index (χ0) is 15.1. The topological polar surface area (TPSA) is 107 Å². The highest BCUT2D eigenvalue weighted by Gasteiger charge is 2.22. The number of nitrogens with zero attached hydrogens (tertiary/aromatic N) is 1. The first-order valence-electron chi connectivity index (χ1n) is 6.59. The first-order valence-corrected chi connectivity index (χ1v) is 8.79. The molecule has 116 valence electrons. The Morgan fingerprint density at radius 3 is 3.00 bits per heavy atom. The maximum Gasteiger partial charge on any atom is 0.326 e. The van der Waals surface area contributed by atoms with E-state index in [1.165, 1.54) is 6.33 Å². The minimum absolute atomic E-state index is 0.177. The summed E-state index contributed by atoms with van der Waals surface area (Å²) in [7, 11) is 0. The minimum atomic E-state index is -1.07. The predicted molar refractivity (Wildman–Crippen MR) is 83.8 cm³/mol. The highest BCUT2D eigenvalue weighted by Crippen LogP contribution is 2.23. The Bertz CT molecular complexity index is 463. The molecule has 2 heterocycles. The summed E-state index contributed by atoms with van der Waals surface area (Å²) >= 11 is 3.72. The van der Waals surface area contributed by atoms with Crippen LogP contribution in [0.15, 0.2) is 12.5 Å². The van der Waals surface area contributed by atoms with Crippen LogP contribution in [0.1, 0.15) is 5.69 Å². The number of hydrogen-bond acceptors (Lipinski definition) is 5. The van der Waals surface area contributed by atoms with E-state index >= 15 is 0 Å². The molecule has 1 aromatic rings. The van der Waals surface area contributed by atoms with Crippen LogP contribution in [0.25, 0.3) is 0 Å². The van der Waals surface area contributed by atoms with Crippen molar-refractivity contribution >= 4 is 35.5 Å². The number of nitrogens with one attached hydrogen (secondary N) is 3. The molecule has 0 radical (unpaired) electrons. The summed E-state index contributed by atoms with van der Waals surface area (Å²) in [6, 6.07) is -1.42. The summed E-state index contributed by atoms with van der Waals surface area (Å²) in [5.41, 5.74) is 0.668. The van der Waals surface area contributed by atoms with Crippen LogP contribution in [0, 0.1) is 0 Å². The van der Waals surface area contributed by atoms with Crippen molar-refractivity contribution in [3.05, 3.63) is 18.2 Å². The fraction of sp³-hybridized carbons (Fsp3) is 0.583. The van der Waals surface area contributed by atoms with Gasteiger partial charge in [-0.1, -0.05) is 0 Å². The van der Waals surface area contributed by atoms with Crippen LogP contribution in [0.3, 0.4) is 0 Å². The molecule has 4 N–H and O–H groups in total. The smallest absolute Gasteiger partial charge is 0.326 e. The molecule has 0 bridgehead atoms. The van der Waals surface area contributed by atoms with Gasteiger partial charge in [0.15, 0.2) is 0 Å². The van der Waals surface area contributed by atoms with Crippen molar-refractivity contribution in [1.29, 1.82) is 0 Å². The number of urea groups is 1. The number of H-pyrrole nitrogens is 1. The molecule has 9 heteroatoms. The van der Waals surface area contributed by atoms with Gasteiger partial charge in [0, 0.05) is 47.4 Å². The van der Waals surface area contributed by atoms with Gasteiger partial charge in [-0.2, -0.15) is 23.5 Å². The fourth-order valence-electron chi connectivity index (χ4n) is 1.89. The first kappa shape index (κ1) is 16.0. The van der Waals surface area contributed by atoms with Crippen molar-refractivity contribution in [2.24, 2.45) is 0 Å². The number of amides is 2. The third-order valence-corrected chi connectivity index (χ3v) is 5.80. The molecule has 1 aliphatic rings. The lowest BCUT2D eigenvalue weighted by molar-refractivity contribution is -0.139. The number of aromatic nitrogens is 2. The molecule has 2 rings (SSSR count). The van der Waals surface area contributed by atoms with E-state index < -0.39 is 18.0 Å². The van der Waals surface area contributed by atoms with Gasteiger partial charge in [0.25, 0.3) is 0 Å². The third kappa shape index (κ3) is 5.50. The first-order chi connectivity index (χ1) is 10.1. The molecule has 2 amide bonds. The van der Waals surface area contributed by atoms with Crippen LogP contribution in [-0.2, 0) is 11.2 Å². The Kier molecular flexibility index (Phi) is 6.24. The number of carboxylic acids is 1. The van der Waals surface area contributed by atoms with Crippen LogP contribution in [0.4, 0.5) is 4.79 Å². The van der Waals surface area contributed by atoms with Gasteiger partial charge in [0.1, 0.15) is 6.04 Å². The molecule has 0 aromatic carbocycles. The van der Waals surface area contributed by atoms with Crippen molar-refractivity contribution in [2.75, 3.05) is 23.8 Å². The average molecular weight is 330 g/mol. The van der Waals surface area contributed by atoms with Crippen LogP contribution in [0.2, 0.25) is 0 Å². The van der Waals surface area contributed by atoms with E-state index in [9.17, 15) is 9.59 Å². The number of rotatable bonds is 6. The lowest BCUT2D eigenvalue weighted by Gasteiger charge is -2.22. The van der Waals surface area contributed by atoms with Crippen molar-refractivity contribution < 1.29 is 14.7 Å². The van der Waals surface area contributed by atoms with Crippen LogP contribution >= 0.6 is 23.5 Å². The molecular weight excluding hydrogens is 312 g/mol. The molecule has 1 fully saturated rings. The van der Waals surface area contributed by atoms with Gasteiger partial charge >= 0.3 is 12.0 Å². The Balaban J connectivity index is 1.76. The number of aromatic amines is 1. The molecule has 0 spiro atoms. The molecule has 1 aromatic heterocycles. The molecule has 0 aliphatic carbocycles. The standard InChI is InChI=1S/C12H18N4O3S2/c17-11(18)10(3-8-4-13-7-15-8)16-12(19)14-5-9-6-20-1-2-21-9/h4,7,9-10H,1-3,5-6H2,(H,13,15)(H,17,18)(H2,14,16,19)/t9?,10-/m0/s1. The number of carbonyl (C=O) groups is 2. The SMILES string of the molecule is O=C(NCC1CSCCS1)N[C@@H](Cc1cnc[nH]1)C(=O)O. The molecule has 2 atom stereocenters. The summed E-state index contributed by atoms with van der Waals surface area (Å²) in [4.78, 5) is 29.6. The van der Waals surface area contributed by atoms with E-state index in [2.05, 4.69) is 20.6 Å². The third-order valence-electron chi connectivity index (χ3n) is 2.96. The van der Waals surface area contributed by atoms with Gasteiger partial charge in [-0.05, 0) is 0 Å². The van der Waals surface area contributed by atoms with Crippen molar-refractivity contribution in [1.82, 2.24) is 20.6 Å². The molecule has 1 aliphatic heterocycles. The Hall–Kier alpha value is -1.35. The largest absolute Gasteiger partial charge is 0.480 e. The quantitative estimate of drug-likeness (QED) is 0.607. The van der Waals surface area contributed by atoms with E-state index in [-0.39, 0.29) is 6.42 Å². The van der Waals surface area contributed by atoms with E-state index in [4.69, 9.17) is 5.11 Å². The maximum absolute atomic E-state index is 11.8. The molecule has 0 saturated carbocycles. The zero-order valence-corrected chi connectivity index (χ0v) is 13.0. The highest BCUT2D eigenvalue weighted by molar-refractivity contribution is 8.06. The number of thioether (sulfide) groups is 2. The molecule has 7 nitrogen and oxygen atoms in total. The number of aliphatic carboxylic acids is 1.